The van der Waals surface area contributed by atoms with Gasteiger partial charge in [-0.05, 0) is 51.0 Å². The summed E-state index contributed by atoms with van der Waals surface area (Å²) in [6.07, 6.45) is 0.736. The van der Waals surface area contributed by atoms with Gasteiger partial charge in [0, 0.05) is 31.0 Å². The van der Waals surface area contributed by atoms with E-state index in [2.05, 4.69) is 15.7 Å². The molecule has 174 valence electrons. The van der Waals surface area contributed by atoms with Gasteiger partial charge in [-0.15, -0.1) is 0 Å². The fourth-order valence-electron chi connectivity index (χ4n) is 3.34. The van der Waals surface area contributed by atoms with Crippen LogP contribution in [-0.4, -0.2) is 41.4 Å². The third kappa shape index (κ3) is 6.66. The van der Waals surface area contributed by atoms with Crippen LogP contribution < -0.4 is 10.6 Å². The highest BCUT2D eigenvalue weighted by atomic mass is 35.5. The van der Waals surface area contributed by atoms with Crippen LogP contribution >= 0.6 is 11.6 Å². The number of carbonyl (C=O) groups excluding carboxylic acids is 2. The third-order valence-electron chi connectivity index (χ3n) is 5.08. The average Bonchev–Trinajstić information content (AvgIpc) is 3.08. The number of anilines is 1. The molecular formula is C25H29ClN4O3. The van der Waals surface area contributed by atoms with E-state index in [-0.39, 0.29) is 17.0 Å². The molecule has 0 unspecified atom stereocenters. The molecule has 0 spiro atoms. The molecule has 0 atom stereocenters. The summed E-state index contributed by atoms with van der Waals surface area (Å²) in [5.74, 6) is -0.579. The summed E-state index contributed by atoms with van der Waals surface area (Å²) >= 11 is 6.51. The highest BCUT2D eigenvalue weighted by Gasteiger charge is 2.21. The first kappa shape index (κ1) is 24.5. The first-order valence-corrected chi connectivity index (χ1v) is 11.3. The fraction of sp³-hybridized carbons (Fsp3) is 0.320. The van der Waals surface area contributed by atoms with Gasteiger partial charge in [-0.2, -0.15) is 5.10 Å². The lowest BCUT2D eigenvalue weighted by molar-refractivity contribution is 0.0943. The number of hydrogen-bond acceptors (Lipinski definition) is 4. The summed E-state index contributed by atoms with van der Waals surface area (Å²) in [5.41, 5.74) is 4.02. The molecule has 0 bridgehead atoms. The zero-order chi connectivity index (χ0) is 23.8. The predicted molar refractivity (Wildman–Crippen MR) is 130 cm³/mol. The average molecular weight is 469 g/mol. The van der Waals surface area contributed by atoms with Crippen molar-refractivity contribution in [2.75, 3.05) is 25.1 Å². The minimum absolute atomic E-state index is 0.206. The van der Waals surface area contributed by atoms with Crippen LogP contribution in [-0.2, 0) is 11.3 Å². The van der Waals surface area contributed by atoms with Crippen molar-refractivity contribution in [2.24, 2.45) is 0 Å². The van der Waals surface area contributed by atoms with Crippen LogP contribution in [0.15, 0.2) is 48.5 Å². The standard InChI is InChI=1S/C25H29ClN4O3/c1-4-33-14-6-13-27-24(31)20-7-5-8-21(15-20)28-25(32)22-18(3)29-30(23(22)26)16-19-11-9-17(2)10-12-19/h5,7-12,15H,4,6,13-14,16H2,1-3H3,(H,27,31)(H,28,32). The van der Waals surface area contributed by atoms with E-state index >= 15 is 0 Å². The van der Waals surface area contributed by atoms with E-state index < -0.39 is 0 Å². The number of nitrogens with zero attached hydrogens (tertiary/aromatic N) is 2. The SMILES string of the molecule is CCOCCCNC(=O)c1cccc(NC(=O)c2c(C)nn(Cc3ccc(C)cc3)c2Cl)c1. The minimum Gasteiger partial charge on any atom is -0.382 e. The van der Waals surface area contributed by atoms with Crippen LogP contribution in [0.3, 0.4) is 0 Å². The molecule has 0 aliphatic carbocycles. The maximum atomic E-state index is 13.0. The van der Waals surface area contributed by atoms with Crippen molar-refractivity contribution in [1.82, 2.24) is 15.1 Å². The number of amides is 2. The molecule has 3 rings (SSSR count). The molecule has 7 nitrogen and oxygen atoms in total. The van der Waals surface area contributed by atoms with Crippen molar-refractivity contribution < 1.29 is 14.3 Å². The number of halogens is 1. The van der Waals surface area contributed by atoms with Crippen molar-refractivity contribution in [3.8, 4) is 0 Å². The smallest absolute Gasteiger partial charge is 0.260 e. The Morgan fingerprint density at radius 2 is 1.85 bits per heavy atom. The molecule has 1 heterocycles. The van der Waals surface area contributed by atoms with Gasteiger partial charge in [0.05, 0.1) is 17.8 Å². The van der Waals surface area contributed by atoms with E-state index in [0.717, 1.165) is 12.0 Å². The maximum absolute atomic E-state index is 13.0. The molecule has 2 amide bonds. The second-order valence-electron chi connectivity index (χ2n) is 7.74. The van der Waals surface area contributed by atoms with Gasteiger partial charge in [0.15, 0.2) is 0 Å². The Morgan fingerprint density at radius 3 is 2.58 bits per heavy atom. The van der Waals surface area contributed by atoms with Crippen molar-refractivity contribution in [2.45, 2.75) is 33.7 Å². The molecule has 0 aliphatic rings. The normalized spacial score (nSPS) is 10.8. The Hall–Kier alpha value is -3.16. The molecule has 0 fully saturated rings. The van der Waals surface area contributed by atoms with Gasteiger partial charge in [0.2, 0.25) is 0 Å². The molecule has 0 radical (unpaired) electrons. The van der Waals surface area contributed by atoms with E-state index in [9.17, 15) is 9.59 Å². The Morgan fingerprint density at radius 1 is 1.09 bits per heavy atom. The van der Waals surface area contributed by atoms with Gasteiger partial charge < -0.3 is 15.4 Å². The summed E-state index contributed by atoms with van der Waals surface area (Å²) in [6.45, 7) is 7.95. The van der Waals surface area contributed by atoms with Gasteiger partial charge in [-0.1, -0.05) is 47.5 Å². The lowest BCUT2D eigenvalue weighted by Crippen LogP contribution is -2.25. The lowest BCUT2D eigenvalue weighted by atomic mass is 10.1. The van der Waals surface area contributed by atoms with E-state index in [1.54, 1.807) is 35.9 Å². The second kappa shape index (κ2) is 11.6. The van der Waals surface area contributed by atoms with Crippen LogP contribution in [0.4, 0.5) is 5.69 Å². The molecule has 2 aromatic carbocycles. The molecule has 8 heteroatoms. The number of nitrogens with one attached hydrogen (secondary N) is 2. The summed E-state index contributed by atoms with van der Waals surface area (Å²) in [6, 6.07) is 14.8. The number of ether oxygens (including phenoxy) is 1. The van der Waals surface area contributed by atoms with E-state index in [4.69, 9.17) is 16.3 Å². The van der Waals surface area contributed by atoms with E-state index in [0.29, 0.717) is 48.8 Å². The number of aryl methyl sites for hydroxylation is 2. The summed E-state index contributed by atoms with van der Waals surface area (Å²) < 4.78 is 6.88. The first-order valence-electron chi connectivity index (χ1n) is 10.9. The molecule has 3 aromatic rings. The molecule has 33 heavy (non-hydrogen) atoms. The molecule has 0 saturated heterocycles. The van der Waals surface area contributed by atoms with Gasteiger partial charge in [0.1, 0.15) is 5.15 Å². The monoisotopic (exact) mass is 468 g/mol. The first-order chi connectivity index (χ1) is 15.9. The van der Waals surface area contributed by atoms with E-state index in [1.165, 1.54) is 5.56 Å². The van der Waals surface area contributed by atoms with Crippen molar-refractivity contribution in [1.29, 1.82) is 0 Å². The Kier molecular flexibility index (Phi) is 8.63. The Bertz CT molecular complexity index is 1110. The quantitative estimate of drug-likeness (QED) is 0.425. The molecular weight excluding hydrogens is 440 g/mol. The van der Waals surface area contributed by atoms with Crippen LogP contribution in [0, 0.1) is 13.8 Å². The lowest BCUT2D eigenvalue weighted by Gasteiger charge is -2.09. The topological polar surface area (TPSA) is 85.2 Å². The fourth-order valence-corrected chi connectivity index (χ4v) is 3.66. The number of rotatable bonds is 10. The molecule has 1 aromatic heterocycles. The Labute approximate surface area is 199 Å². The van der Waals surface area contributed by atoms with Gasteiger partial charge in [0.25, 0.3) is 11.8 Å². The summed E-state index contributed by atoms with van der Waals surface area (Å²) in [4.78, 5) is 25.3. The number of benzene rings is 2. The zero-order valence-corrected chi connectivity index (χ0v) is 19.9. The van der Waals surface area contributed by atoms with Crippen molar-refractivity contribution in [3.63, 3.8) is 0 Å². The van der Waals surface area contributed by atoms with Crippen molar-refractivity contribution >= 4 is 29.1 Å². The van der Waals surface area contributed by atoms with Gasteiger partial charge in [-0.25, -0.2) is 4.68 Å². The van der Waals surface area contributed by atoms with Crippen molar-refractivity contribution in [3.05, 3.63) is 81.6 Å². The number of aromatic nitrogens is 2. The Balaban J connectivity index is 1.66. The highest BCUT2D eigenvalue weighted by Crippen LogP contribution is 2.23. The maximum Gasteiger partial charge on any atom is 0.260 e. The largest absolute Gasteiger partial charge is 0.382 e. The molecule has 0 aliphatic heterocycles. The predicted octanol–water partition coefficient (Wildman–Crippen LogP) is 4.61. The van der Waals surface area contributed by atoms with Crippen LogP contribution in [0.25, 0.3) is 0 Å². The van der Waals surface area contributed by atoms with Gasteiger partial charge >= 0.3 is 0 Å². The highest BCUT2D eigenvalue weighted by molar-refractivity contribution is 6.33. The third-order valence-corrected chi connectivity index (χ3v) is 5.47. The van der Waals surface area contributed by atoms with E-state index in [1.807, 2.05) is 38.1 Å². The van der Waals surface area contributed by atoms with Crippen LogP contribution in [0.1, 0.15) is 50.9 Å². The summed E-state index contributed by atoms with van der Waals surface area (Å²) in [5, 5.41) is 10.4. The molecule has 2 N–H and O–H groups in total. The zero-order valence-electron chi connectivity index (χ0n) is 19.2. The number of hydrogen-bond donors (Lipinski definition) is 2. The minimum atomic E-state index is -0.373. The van der Waals surface area contributed by atoms with Crippen LogP contribution in [0.5, 0.6) is 0 Å². The number of carbonyl (C=O) groups is 2. The van der Waals surface area contributed by atoms with Crippen LogP contribution in [0.2, 0.25) is 5.15 Å². The molecule has 0 saturated carbocycles. The van der Waals surface area contributed by atoms with Gasteiger partial charge in [-0.3, -0.25) is 9.59 Å². The summed E-state index contributed by atoms with van der Waals surface area (Å²) in [7, 11) is 0. The second-order valence-corrected chi connectivity index (χ2v) is 8.09.